The van der Waals surface area contributed by atoms with Gasteiger partial charge in [-0.15, -0.1) is 0 Å². The summed E-state index contributed by atoms with van der Waals surface area (Å²) in [7, 11) is 4.05. The largest absolute Gasteiger partial charge is 0.338 e. The van der Waals surface area contributed by atoms with E-state index < -0.39 is 0 Å². The van der Waals surface area contributed by atoms with Crippen molar-refractivity contribution in [3.05, 3.63) is 53.1 Å². The minimum Gasteiger partial charge on any atom is -0.338 e. The van der Waals surface area contributed by atoms with E-state index in [0.717, 1.165) is 36.7 Å². The van der Waals surface area contributed by atoms with E-state index in [1.54, 1.807) is 0 Å². The van der Waals surface area contributed by atoms with E-state index in [1.807, 2.05) is 38.6 Å². The van der Waals surface area contributed by atoms with Crippen LogP contribution in [-0.2, 0) is 19.9 Å². The van der Waals surface area contributed by atoms with Gasteiger partial charge in [0.25, 0.3) is 0 Å². The summed E-state index contributed by atoms with van der Waals surface area (Å²) >= 11 is 6.06. The van der Waals surface area contributed by atoms with Crippen molar-refractivity contribution in [1.82, 2.24) is 14.9 Å². The third-order valence-corrected chi connectivity index (χ3v) is 3.84. The van der Waals surface area contributed by atoms with Crippen molar-refractivity contribution in [3.8, 4) is 0 Å². The second-order valence-electron chi connectivity index (χ2n) is 5.25. The van der Waals surface area contributed by atoms with Crippen molar-refractivity contribution < 1.29 is 0 Å². The maximum absolute atomic E-state index is 6.06. The highest BCUT2D eigenvalue weighted by molar-refractivity contribution is 6.30. The number of aryl methyl sites for hydroxylation is 2. The summed E-state index contributed by atoms with van der Waals surface area (Å²) in [6.45, 7) is 1.01. The maximum Gasteiger partial charge on any atom is 0.108 e. The molecule has 2 aromatic rings. The first-order chi connectivity index (χ1) is 9.69. The molecule has 20 heavy (non-hydrogen) atoms. The van der Waals surface area contributed by atoms with Crippen LogP contribution >= 0.6 is 11.6 Å². The molecule has 0 aliphatic rings. The number of benzene rings is 1. The average molecular weight is 292 g/mol. The number of aromatic nitrogens is 2. The summed E-state index contributed by atoms with van der Waals surface area (Å²) in [6, 6.07) is 8.15. The zero-order valence-electron chi connectivity index (χ0n) is 12.1. The van der Waals surface area contributed by atoms with Gasteiger partial charge in [0.15, 0.2) is 0 Å². The summed E-state index contributed by atoms with van der Waals surface area (Å²) in [4.78, 5) is 4.39. The van der Waals surface area contributed by atoms with Crippen molar-refractivity contribution in [2.24, 2.45) is 13.0 Å². The average Bonchev–Trinajstić information content (AvgIpc) is 2.82. The van der Waals surface area contributed by atoms with E-state index in [2.05, 4.69) is 27.0 Å². The highest BCUT2D eigenvalue weighted by atomic mass is 35.5. The predicted octanol–water partition coefficient (Wildman–Crippen LogP) is 3.08. The molecule has 0 bridgehead atoms. The molecule has 0 aliphatic heterocycles. The summed E-state index contributed by atoms with van der Waals surface area (Å²) < 4.78 is 2.09. The molecule has 0 spiro atoms. The molecule has 108 valence electrons. The Labute approximate surface area is 126 Å². The summed E-state index contributed by atoms with van der Waals surface area (Å²) in [6.07, 6.45) is 7.04. The molecular weight excluding hydrogens is 270 g/mol. The Morgan fingerprint density at radius 2 is 2.25 bits per heavy atom. The number of halogens is 1. The van der Waals surface area contributed by atoms with Crippen molar-refractivity contribution in [1.29, 1.82) is 0 Å². The number of hydrogen-bond donors (Lipinski definition) is 1. The Balaban J connectivity index is 1.95. The van der Waals surface area contributed by atoms with Gasteiger partial charge in [0.05, 0.1) is 0 Å². The van der Waals surface area contributed by atoms with Gasteiger partial charge in [-0.3, -0.25) is 0 Å². The number of rotatable bonds is 7. The number of nitrogens with zero attached hydrogens (tertiary/aromatic N) is 2. The summed E-state index contributed by atoms with van der Waals surface area (Å²) in [5.74, 6) is 1.74. The monoisotopic (exact) mass is 291 g/mol. The number of nitrogens with one attached hydrogen (secondary N) is 1. The van der Waals surface area contributed by atoms with E-state index >= 15 is 0 Å². The maximum atomic E-state index is 6.06. The first kappa shape index (κ1) is 15.1. The van der Waals surface area contributed by atoms with Crippen LogP contribution in [0.1, 0.15) is 17.8 Å². The quantitative estimate of drug-likeness (QED) is 0.849. The lowest BCUT2D eigenvalue weighted by Crippen LogP contribution is -2.21. The van der Waals surface area contributed by atoms with Crippen LogP contribution in [0.5, 0.6) is 0 Å². The van der Waals surface area contributed by atoms with Crippen molar-refractivity contribution in [2.75, 3.05) is 13.6 Å². The van der Waals surface area contributed by atoms with E-state index in [-0.39, 0.29) is 0 Å². The molecule has 1 unspecified atom stereocenters. The molecule has 0 amide bonds. The topological polar surface area (TPSA) is 29.9 Å². The molecule has 1 atom stereocenters. The molecule has 0 fully saturated rings. The Morgan fingerprint density at radius 1 is 1.40 bits per heavy atom. The van der Waals surface area contributed by atoms with Crippen LogP contribution in [0.25, 0.3) is 0 Å². The lowest BCUT2D eigenvalue weighted by Gasteiger charge is -2.16. The van der Waals surface area contributed by atoms with E-state index in [9.17, 15) is 0 Å². The first-order valence-electron chi connectivity index (χ1n) is 7.04. The highest BCUT2D eigenvalue weighted by Gasteiger charge is 2.11. The van der Waals surface area contributed by atoms with Crippen molar-refractivity contribution >= 4 is 11.6 Å². The predicted molar refractivity (Wildman–Crippen MR) is 84.1 cm³/mol. The van der Waals surface area contributed by atoms with Crippen LogP contribution in [0.4, 0.5) is 0 Å². The van der Waals surface area contributed by atoms with Crippen LogP contribution in [0.15, 0.2) is 36.7 Å². The van der Waals surface area contributed by atoms with Gasteiger partial charge in [0.1, 0.15) is 5.82 Å². The van der Waals surface area contributed by atoms with Crippen molar-refractivity contribution in [3.63, 3.8) is 0 Å². The summed E-state index contributed by atoms with van der Waals surface area (Å²) in [5, 5.41) is 4.10. The van der Waals surface area contributed by atoms with Crippen LogP contribution in [0.3, 0.4) is 0 Å². The molecule has 0 radical (unpaired) electrons. The third-order valence-electron chi connectivity index (χ3n) is 3.60. The van der Waals surface area contributed by atoms with Gasteiger partial charge >= 0.3 is 0 Å². The van der Waals surface area contributed by atoms with Gasteiger partial charge in [0.2, 0.25) is 0 Å². The SMILES string of the molecule is CNCC(CCc1nccn1C)Cc1cccc(Cl)c1. The molecule has 3 nitrogen and oxygen atoms in total. The van der Waals surface area contributed by atoms with Crippen LogP contribution in [0.2, 0.25) is 5.02 Å². The molecule has 0 saturated heterocycles. The Morgan fingerprint density at radius 3 is 2.90 bits per heavy atom. The second-order valence-corrected chi connectivity index (χ2v) is 5.69. The zero-order chi connectivity index (χ0) is 14.4. The first-order valence-corrected chi connectivity index (χ1v) is 7.42. The number of imidazole rings is 1. The fourth-order valence-electron chi connectivity index (χ4n) is 2.53. The molecular formula is C16H22ClN3. The molecule has 1 N–H and O–H groups in total. The zero-order valence-corrected chi connectivity index (χ0v) is 12.9. The van der Waals surface area contributed by atoms with E-state index in [4.69, 9.17) is 11.6 Å². The normalized spacial score (nSPS) is 12.6. The lowest BCUT2D eigenvalue weighted by atomic mass is 9.94. The van der Waals surface area contributed by atoms with Crippen LogP contribution < -0.4 is 5.32 Å². The minimum atomic E-state index is 0.593. The molecule has 0 saturated carbocycles. The molecule has 1 heterocycles. The van der Waals surface area contributed by atoms with E-state index in [1.165, 1.54) is 5.56 Å². The Bertz CT molecular complexity index is 536. The minimum absolute atomic E-state index is 0.593. The molecule has 4 heteroatoms. The van der Waals surface area contributed by atoms with Gasteiger partial charge in [-0.2, -0.15) is 0 Å². The molecule has 1 aromatic carbocycles. The smallest absolute Gasteiger partial charge is 0.108 e. The number of hydrogen-bond acceptors (Lipinski definition) is 2. The Hall–Kier alpha value is -1.32. The summed E-state index contributed by atoms with van der Waals surface area (Å²) in [5.41, 5.74) is 1.30. The highest BCUT2D eigenvalue weighted by Crippen LogP contribution is 2.17. The standard InChI is InChI=1S/C16H22ClN3/c1-18-12-14(6-7-16-19-8-9-20(16)2)10-13-4-3-5-15(17)11-13/h3-5,8-9,11,14,18H,6-7,10,12H2,1-2H3. The molecule has 2 rings (SSSR count). The van der Waals surface area contributed by atoms with Crippen molar-refractivity contribution in [2.45, 2.75) is 19.3 Å². The van der Waals surface area contributed by atoms with Gasteiger partial charge in [0, 0.05) is 30.9 Å². The lowest BCUT2D eigenvalue weighted by molar-refractivity contribution is 0.454. The van der Waals surface area contributed by atoms with Crippen LogP contribution in [0, 0.1) is 5.92 Å². The van der Waals surface area contributed by atoms with E-state index in [0.29, 0.717) is 5.92 Å². The molecule has 1 aromatic heterocycles. The molecule has 0 aliphatic carbocycles. The fourth-order valence-corrected chi connectivity index (χ4v) is 2.75. The second kappa shape index (κ2) is 7.46. The van der Waals surface area contributed by atoms with Crippen LogP contribution in [-0.4, -0.2) is 23.1 Å². The van der Waals surface area contributed by atoms with Gasteiger partial charge in [-0.05, 0) is 50.0 Å². The Kier molecular flexibility index (Phi) is 5.62. The fraction of sp³-hybridized carbons (Fsp3) is 0.438. The van der Waals surface area contributed by atoms with Gasteiger partial charge < -0.3 is 9.88 Å². The third kappa shape index (κ3) is 4.36. The van der Waals surface area contributed by atoms with Gasteiger partial charge in [-0.1, -0.05) is 23.7 Å². The van der Waals surface area contributed by atoms with Gasteiger partial charge in [-0.25, -0.2) is 4.98 Å².